The molecule has 0 saturated carbocycles. The molecular weight excluding hydrogens is 358 g/mol. The van der Waals surface area contributed by atoms with E-state index in [-0.39, 0.29) is 6.61 Å². The Morgan fingerprint density at radius 1 is 0.828 bits per heavy atom. The average Bonchev–Trinajstić information content (AvgIpc) is 2.74. The lowest BCUT2D eigenvalue weighted by Crippen LogP contribution is -2.32. The Hall–Kier alpha value is -2.72. The maximum absolute atomic E-state index is 9.14. The van der Waals surface area contributed by atoms with E-state index < -0.39 is 0 Å². The van der Waals surface area contributed by atoms with Gasteiger partial charge in [0.05, 0.1) is 17.1 Å². The first-order chi connectivity index (χ1) is 14.2. The van der Waals surface area contributed by atoms with E-state index in [1.54, 1.807) is 0 Å². The fourth-order valence-electron chi connectivity index (χ4n) is 3.88. The molecule has 0 aliphatic carbocycles. The Balaban J connectivity index is 1.82. The summed E-state index contributed by atoms with van der Waals surface area (Å²) in [6.07, 6.45) is 3.85. The van der Waals surface area contributed by atoms with Crippen molar-refractivity contribution in [1.29, 1.82) is 0 Å². The van der Waals surface area contributed by atoms with Crippen molar-refractivity contribution in [2.75, 3.05) is 24.6 Å². The number of aliphatic hydroxyl groups is 1. The van der Waals surface area contributed by atoms with Crippen molar-refractivity contribution in [1.82, 2.24) is 9.97 Å². The summed E-state index contributed by atoms with van der Waals surface area (Å²) >= 11 is 0. The number of benzene rings is 2. The predicted octanol–water partition coefficient (Wildman–Crippen LogP) is 4.95. The van der Waals surface area contributed by atoms with Gasteiger partial charge in [-0.05, 0) is 39.5 Å². The molecule has 0 amide bonds. The molecule has 0 unspecified atom stereocenters. The Morgan fingerprint density at radius 2 is 1.41 bits per heavy atom. The average molecular weight is 388 g/mol. The molecule has 4 nitrogen and oxygen atoms in total. The molecule has 1 N–H and O–H groups in total. The lowest BCUT2D eigenvalue weighted by atomic mass is 10.0. The summed E-state index contributed by atoms with van der Waals surface area (Å²) in [5.74, 6) is 1.01. The number of rotatable bonds is 6. The van der Waals surface area contributed by atoms with Crippen LogP contribution in [-0.2, 0) is 6.42 Å². The summed E-state index contributed by atoms with van der Waals surface area (Å²) in [5.41, 5.74) is 7.69. The predicted molar refractivity (Wildman–Crippen MR) is 119 cm³/mol. The van der Waals surface area contributed by atoms with Crippen LogP contribution >= 0.6 is 0 Å². The SMILES string of the molecule is Cc1ccc(-c2nc3c(nc2-c2ccc(C)cc2)N(CCCCO)CCC3)cc1. The maximum Gasteiger partial charge on any atom is 0.151 e. The second kappa shape index (κ2) is 8.75. The normalized spacial score (nSPS) is 13.4. The second-order valence-corrected chi connectivity index (χ2v) is 7.94. The van der Waals surface area contributed by atoms with Crippen LogP contribution in [0.3, 0.4) is 0 Å². The Labute approximate surface area is 173 Å². The highest BCUT2D eigenvalue weighted by molar-refractivity contribution is 5.79. The van der Waals surface area contributed by atoms with Gasteiger partial charge in [0.2, 0.25) is 0 Å². The fourth-order valence-corrected chi connectivity index (χ4v) is 3.88. The number of unbranched alkanes of at least 4 members (excludes halogenated alkanes) is 1. The summed E-state index contributed by atoms with van der Waals surface area (Å²) < 4.78 is 0. The number of aryl methyl sites for hydroxylation is 3. The Bertz CT molecular complexity index is 965. The molecule has 0 fully saturated rings. The highest BCUT2D eigenvalue weighted by Crippen LogP contribution is 2.34. The molecule has 2 aromatic carbocycles. The van der Waals surface area contributed by atoms with Gasteiger partial charge in [0.25, 0.3) is 0 Å². The third-order valence-corrected chi connectivity index (χ3v) is 5.57. The number of aromatic nitrogens is 2. The van der Waals surface area contributed by atoms with E-state index in [0.717, 1.165) is 72.8 Å². The monoisotopic (exact) mass is 387 g/mol. The van der Waals surface area contributed by atoms with Gasteiger partial charge < -0.3 is 10.0 Å². The van der Waals surface area contributed by atoms with Crippen molar-refractivity contribution in [3.05, 3.63) is 65.4 Å². The third kappa shape index (κ3) is 4.33. The van der Waals surface area contributed by atoms with Crippen LogP contribution in [0.5, 0.6) is 0 Å². The minimum Gasteiger partial charge on any atom is -0.396 e. The van der Waals surface area contributed by atoms with E-state index in [2.05, 4.69) is 67.3 Å². The third-order valence-electron chi connectivity index (χ3n) is 5.57. The van der Waals surface area contributed by atoms with Crippen LogP contribution in [0.15, 0.2) is 48.5 Å². The van der Waals surface area contributed by atoms with Crippen molar-refractivity contribution >= 4 is 5.82 Å². The van der Waals surface area contributed by atoms with Gasteiger partial charge >= 0.3 is 0 Å². The second-order valence-electron chi connectivity index (χ2n) is 7.94. The van der Waals surface area contributed by atoms with Crippen LogP contribution in [0, 0.1) is 13.8 Å². The van der Waals surface area contributed by atoms with E-state index in [0.29, 0.717) is 0 Å². The van der Waals surface area contributed by atoms with Gasteiger partial charge in [-0.1, -0.05) is 59.7 Å². The standard InChI is InChI=1S/C25H29N3O/c1-18-7-11-20(12-8-18)23-24(21-13-9-19(2)10-14-21)27-25-22(26-23)6-5-16-28(25)15-3-4-17-29/h7-14,29H,3-6,15-17H2,1-2H3. The summed E-state index contributed by atoms with van der Waals surface area (Å²) in [6.45, 7) is 6.37. The van der Waals surface area contributed by atoms with Crippen LogP contribution in [0.1, 0.15) is 36.1 Å². The molecule has 1 aromatic heterocycles. The number of aliphatic hydroxyl groups excluding tert-OH is 1. The van der Waals surface area contributed by atoms with Crippen molar-refractivity contribution < 1.29 is 5.11 Å². The molecule has 0 bridgehead atoms. The van der Waals surface area contributed by atoms with Crippen LogP contribution < -0.4 is 4.90 Å². The lowest BCUT2D eigenvalue weighted by molar-refractivity contribution is 0.285. The van der Waals surface area contributed by atoms with Crippen molar-refractivity contribution in [2.24, 2.45) is 0 Å². The molecule has 0 spiro atoms. The molecule has 150 valence electrons. The van der Waals surface area contributed by atoms with Crippen molar-refractivity contribution in [3.8, 4) is 22.5 Å². The van der Waals surface area contributed by atoms with Gasteiger partial charge in [-0.15, -0.1) is 0 Å². The quantitative estimate of drug-likeness (QED) is 0.608. The lowest BCUT2D eigenvalue weighted by Gasteiger charge is -2.30. The number of hydrogen-bond acceptors (Lipinski definition) is 4. The molecule has 3 aromatic rings. The van der Waals surface area contributed by atoms with E-state index in [1.807, 2.05) is 0 Å². The maximum atomic E-state index is 9.14. The Morgan fingerprint density at radius 3 is 2.00 bits per heavy atom. The molecule has 0 radical (unpaired) electrons. The van der Waals surface area contributed by atoms with Gasteiger partial charge in [0.15, 0.2) is 5.82 Å². The molecule has 1 aliphatic heterocycles. The summed E-state index contributed by atoms with van der Waals surface area (Å²) in [7, 11) is 0. The van der Waals surface area contributed by atoms with Crippen molar-refractivity contribution in [3.63, 3.8) is 0 Å². The van der Waals surface area contributed by atoms with Gasteiger partial charge in [0.1, 0.15) is 0 Å². The number of nitrogens with zero attached hydrogens (tertiary/aromatic N) is 3. The summed E-state index contributed by atoms with van der Waals surface area (Å²) in [5, 5.41) is 9.14. The Kier molecular flexibility index (Phi) is 5.91. The zero-order valence-electron chi connectivity index (χ0n) is 17.4. The molecule has 29 heavy (non-hydrogen) atoms. The zero-order valence-corrected chi connectivity index (χ0v) is 17.4. The minimum absolute atomic E-state index is 0.243. The van der Waals surface area contributed by atoms with Crippen LogP contribution in [0.2, 0.25) is 0 Å². The van der Waals surface area contributed by atoms with Crippen molar-refractivity contribution in [2.45, 2.75) is 39.5 Å². The van der Waals surface area contributed by atoms with Crippen LogP contribution in [-0.4, -0.2) is 34.8 Å². The van der Waals surface area contributed by atoms with Gasteiger partial charge in [0, 0.05) is 30.8 Å². The molecule has 0 saturated heterocycles. The van der Waals surface area contributed by atoms with Crippen LogP contribution in [0.4, 0.5) is 5.82 Å². The summed E-state index contributed by atoms with van der Waals surface area (Å²) in [6, 6.07) is 17.1. The van der Waals surface area contributed by atoms with E-state index in [9.17, 15) is 0 Å². The van der Waals surface area contributed by atoms with E-state index in [1.165, 1.54) is 11.1 Å². The fraction of sp³-hybridized carbons (Fsp3) is 0.360. The topological polar surface area (TPSA) is 49.2 Å². The summed E-state index contributed by atoms with van der Waals surface area (Å²) in [4.78, 5) is 12.7. The number of fused-ring (bicyclic) bond motifs is 1. The first-order valence-corrected chi connectivity index (χ1v) is 10.6. The van der Waals surface area contributed by atoms with Gasteiger partial charge in [-0.2, -0.15) is 0 Å². The van der Waals surface area contributed by atoms with E-state index >= 15 is 0 Å². The zero-order chi connectivity index (χ0) is 20.2. The number of hydrogen-bond donors (Lipinski definition) is 1. The van der Waals surface area contributed by atoms with E-state index in [4.69, 9.17) is 15.1 Å². The minimum atomic E-state index is 0.243. The molecular formula is C25H29N3O. The van der Waals surface area contributed by atoms with Gasteiger partial charge in [-0.3, -0.25) is 0 Å². The highest BCUT2D eigenvalue weighted by atomic mass is 16.2. The highest BCUT2D eigenvalue weighted by Gasteiger charge is 2.23. The number of anilines is 1. The van der Waals surface area contributed by atoms with Gasteiger partial charge in [-0.25, -0.2) is 9.97 Å². The molecule has 2 heterocycles. The van der Waals surface area contributed by atoms with Crippen LogP contribution in [0.25, 0.3) is 22.5 Å². The smallest absolute Gasteiger partial charge is 0.151 e. The first-order valence-electron chi connectivity index (χ1n) is 10.6. The largest absolute Gasteiger partial charge is 0.396 e. The molecule has 4 rings (SSSR count). The first kappa shape index (κ1) is 19.6. The molecule has 4 heteroatoms. The molecule has 1 aliphatic rings. The molecule has 0 atom stereocenters.